The molecule has 1 aliphatic rings. The molecule has 1 aromatic carbocycles. The van der Waals surface area contributed by atoms with E-state index in [0.717, 1.165) is 13.1 Å². The Hall–Kier alpha value is -0.900. The van der Waals surface area contributed by atoms with Crippen molar-refractivity contribution in [3.8, 4) is 0 Å². The summed E-state index contributed by atoms with van der Waals surface area (Å²) in [6.45, 7) is 13.8. The van der Waals surface area contributed by atoms with Crippen LogP contribution in [0.3, 0.4) is 0 Å². The van der Waals surface area contributed by atoms with Crippen LogP contribution in [0.1, 0.15) is 37.8 Å². The van der Waals surface area contributed by atoms with Gasteiger partial charge in [-0.1, -0.05) is 38.1 Å². The molecular weight excluding hydrogens is 258 g/mol. The molecule has 2 unspecified atom stereocenters. The molecule has 1 saturated heterocycles. The number of likely N-dealkylation sites (N-methyl/N-ethyl adjacent to an activating group) is 2. The van der Waals surface area contributed by atoms with Crippen LogP contribution < -0.4 is 5.32 Å². The quantitative estimate of drug-likeness (QED) is 0.868. The van der Waals surface area contributed by atoms with Crippen LogP contribution >= 0.6 is 0 Å². The fourth-order valence-electron chi connectivity index (χ4n) is 3.32. The van der Waals surface area contributed by atoms with E-state index in [1.54, 1.807) is 0 Å². The lowest BCUT2D eigenvalue weighted by molar-refractivity contribution is 0.0834. The summed E-state index contributed by atoms with van der Waals surface area (Å²) in [4.78, 5) is 5.15. The summed E-state index contributed by atoms with van der Waals surface area (Å²) in [7, 11) is 2.02. The molecule has 0 radical (unpaired) electrons. The lowest BCUT2D eigenvalue weighted by Gasteiger charge is -2.39. The third-order valence-electron chi connectivity index (χ3n) is 4.72. The highest BCUT2D eigenvalue weighted by atomic mass is 15.3. The fourth-order valence-corrected chi connectivity index (χ4v) is 3.32. The summed E-state index contributed by atoms with van der Waals surface area (Å²) in [6.07, 6.45) is 0. The van der Waals surface area contributed by atoms with Crippen LogP contribution in [0.25, 0.3) is 0 Å². The van der Waals surface area contributed by atoms with Crippen LogP contribution in [0, 0.1) is 0 Å². The first-order chi connectivity index (χ1) is 10.1. The average Bonchev–Trinajstić information content (AvgIpc) is 2.48. The molecule has 118 valence electrons. The minimum atomic E-state index is 0.581. The normalized spacial score (nSPS) is 22.4. The van der Waals surface area contributed by atoms with Gasteiger partial charge in [0.15, 0.2) is 0 Å². The molecule has 0 spiro atoms. The van der Waals surface area contributed by atoms with E-state index in [-0.39, 0.29) is 0 Å². The van der Waals surface area contributed by atoms with E-state index in [1.807, 2.05) is 7.05 Å². The maximum Gasteiger partial charge on any atom is 0.0234 e. The van der Waals surface area contributed by atoms with Crippen LogP contribution in [-0.2, 0) is 6.54 Å². The maximum absolute atomic E-state index is 3.25. The molecule has 3 nitrogen and oxygen atoms in total. The molecule has 0 saturated carbocycles. The second-order valence-electron chi connectivity index (χ2n) is 6.41. The van der Waals surface area contributed by atoms with E-state index in [2.05, 4.69) is 60.2 Å². The van der Waals surface area contributed by atoms with Crippen molar-refractivity contribution >= 4 is 0 Å². The van der Waals surface area contributed by atoms with Crippen molar-refractivity contribution in [3.63, 3.8) is 0 Å². The Bertz CT molecular complexity index is 415. The Labute approximate surface area is 130 Å². The van der Waals surface area contributed by atoms with Gasteiger partial charge >= 0.3 is 0 Å². The van der Waals surface area contributed by atoms with Crippen molar-refractivity contribution < 1.29 is 0 Å². The van der Waals surface area contributed by atoms with Crippen molar-refractivity contribution in [3.05, 3.63) is 35.4 Å². The first-order valence-corrected chi connectivity index (χ1v) is 8.33. The molecule has 1 aromatic rings. The number of benzene rings is 1. The molecule has 1 aliphatic heterocycles. The Morgan fingerprint density at radius 1 is 1.24 bits per heavy atom. The zero-order valence-electron chi connectivity index (χ0n) is 14.1. The number of hydrogen-bond donors (Lipinski definition) is 1. The standard InChI is InChI=1S/C18H31N3/c1-5-21-11-10-20(13-16(21)3)14-17-6-8-18(9-7-17)15(2)12-19-4/h6-9,15-16,19H,5,10-14H2,1-4H3. The van der Waals surface area contributed by atoms with Gasteiger partial charge in [-0.15, -0.1) is 0 Å². The van der Waals surface area contributed by atoms with Gasteiger partial charge in [-0.25, -0.2) is 0 Å². The van der Waals surface area contributed by atoms with Gasteiger partial charge in [0.25, 0.3) is 0 Å². The highest BCUT2D eigenvalue weighted by Gasteiger charge is 2.22. The van der Waals surface area contributed by atoms with Crippen molar-refractivity contribution in [2.75, 3.05) is 39.8 Å². The van der Waals surface area contributed by atoms with Crippen LogP contribution in [0.5, 0.6) is 0 Å². The summed E-state index contributed by atoms with van der Waals surface area (Å²) in [6, 6.07) is 9.88. The Balaban J connectivity index is 1.89. The third-order valence-corrected chi connectivity index (χ3v) is 4.72. The van der Waals surface area contributed by atoms with Crippen LogP contribution in [0.2, 0.25) is 0 Å². The Morgan fingerprint density at radius 2 is 1.95 bits per heavy atom. The molecule has 0 bridgehead atoms. The smallest absolute Gasteiger partial charge is 0.0234 e. The molecule has 2 atom stereocenters. The molecule has 1 N–H and O–H groups in total. The van der Waals surface area contributed by atoms with E-state index in [0.29, 0.717) is 12.0 Å². The van der Waals surface area contributed by atoms with E-state index < -0.39 is 0 Å². The highest BCUT2D eigenvalue weighted by Crippen LogP contribution is 2.17. The molecule has 0 aliphatic carbocycles. The summed E-state index contributed by atoms with van der Waals surface area (Å²) < 4.78 is 0. The molecule has 21 heavy (non-hydrogen) atoms. The van der Waals surface area contributed by atoms with E-state index in [1.165, 1.54) is 37.3 Å². The van der Waals surface area contributed by atoms with Gasteiger partial charge in [-0.05, 0) is 37.6 Å². The minimum absolute atomic E-state index is 0.581. The number of piperazine rings is 1. The van der Waals surface area contributed by atoms with Crippen LogP contribution in [-0.4, -0.2) is 55.6 Å². The predicted octanol–water partition coefficient (Wildman–Crippen LogP) is 2.54. The van der Waals surface area contributed by atoms with Crippen molar-refractivity contribution in [2.24, 2.45) is 0 Å². The monoisotopic (exact) mass is 289 g/mol. The second kappa shape index (κ2) is 7.92. The predicted molar refractivity (Wildman–Crippen MR) is 90.8 cm³/mol. The summed E-state index contributed by atoms with van der Waals surface area (Å²) in [5, 5.41) is 3.25. The first-order valence-electron chi connectivity index (χ1n) is 8.33. The van der Waals surface area contributed by atoms with Gasteiger partial charge in [0.2, 0.25) is 0 Å². The van der Waals surface area contributed by atoms with Gasteiger partial charge < -0.3 is 5.32 Å². The number of hydrogen-bond acceptors (Lipinski definition) is 3. The topological polar surface area (TPSA) is 18.5 Å². The Morgan fingerprint density at radius 3 is 2.52 bits per heavy atom. The number of nitrogens with one attached hydrogen (secondary N) is 1. The van der Waals surface area contributed by atoms with Gasteiger partial charge in [0.05, 0.1) is 0 Å². The molecule has 2 rings (SSSR count). The molecule has 1 heterocycles. The largest absolute Gasteiger partial charge is 0.319 e. The molecule has 0 aromatic heterocycles. The number of nitrogens with zero attached hydrogens (tertiary/aromatic N) is 2. The fraction of sp³-hybridized carbons (Fsp3) is 0.667. The lowest BCUT2D eigenvalue weighted by Crippen LogP contribution is -2.51. The summed E-state index contributed by atoms with van der Waals surface area (Å²) in [5.74, 6) is 0.581. The lowest BCUT2D eigenvalue weighted by atomic mass is 9.99. The van der Waals surface area contributed by atoms with Gasteiger partial charge in [-0.3, -0.25) is 9.80 Å². The van der Waals surface area contributed by atoms with Crippen molar-refractivity contribution in [1.82, 2.24) is 15.1 Å². The minimum Gasteiger partial charge on any atom is -0.319 e. The van der Waals surface area contributed by atoms with Crippen molar-refractivity contribution in [2.45, 2.75) is 39.3 Å². The summed E-state index contributed by atoms with van der Waals surface area (Å²) in [5.41, 5.74) is 2.87. The van der Waals surface area contributed by atoms with E-state index >= 15 is 0 Å². The van der Waals surface area contributed by atoms with E-state index in [4.69, 9.17) is 0 Å². The van der Waals surface area contributed by atoms with Gasteiger partial charge in [0.1, 0.15) is 0 Å². The zero-order valence-corrected chi connectivity index (χ0v) is 14.1. The number of rotatable bonds is 6. The third kappa shape index (κ3) is 4.53. The zero-order chi connectivity index (χ0) is 15.2. The van der Waals surface area contributed by atoms with Crippen molar-refractivity contribution in [1.29, 1.82) is 0 Å². The molecule has 3 heteroatoms. The Kier molecular flexibility index (Phi) is 6.22. The van der Waals surface area contributed by atoms with Crippen LogP contribution in [0.15, 0.2) is 24.3 Å². The highest BCUT2D eigenvalue weighted by molar-refractivity contribution is 5.25. The second-order valence-corrected chi connectivity index (χ2v) is 6.41. The molecule has 1 fully saturated rings. The van der Waals surface area contributed by atoms with Crippen LogP contribution in [0.4, 0.5) is 0 Å². The van der Waals surface area contributed by atoms with Gasteiger partial charge in [-0.2, -0.15) is 0 Å². The first kappa shape index (κ1) is 16.5. The summed E-state index contributed by atoms with van der Waals surface area (Å²) >= 11 is 0. The SMILES string of the molecule is CCN1CCN(Cc2ccc(C(C)CNC)cc2)CC1C. The maximum atomic E-state index is 3.25. The van der Waals surface area contributed by atoms with E-state index in [9.17, 15) is 0 Å². The average molecular weight is 289 g/mol. The molecular formula is C18H31N3. The molecule has 0 amide bonds. The van der Waals surface area contributed by atoms with Gasteiger partial charge in [0, 0.05) is 38.8 Å².